The molecule has 0 aromatic rings. The van der Waals surface area contributed by atoms with E-state index in [2.05, 4.69) is 148 Å². The van der Waals surface area contributed by atoms with Crippen LogP contribution in [0, 0.1) is 0 Å². The van der Waals surface area contributed by atoms with Crippen LogP contribution in [0.15, 0.2) is 134 Å². The summed E-state index contributed by atoms with van der Waals surface area (Å²) in [6.45, 7) is 4.32. The number of carbonyl (C=O) groups is 2. The third kappa shape index (κ3) is 71.2. The Morgan fingerprint density at radius 2 is 0.648 bits per heavy atom. The highest BCUT2D eigenvalue weighted by Crippen LogP contribution is 2.43. The molecule has 0 radical (unpaired) electrons. The molecule has 0 aromatic carbocycles. The molecule has 88 heavy (non-hydrogen) atoms. The molecule has 504 valence electrons. The SMILES string of the molecule is CC/C=C\C/C=C\C/C=C\C/C=C\C/C=C\C/C=C\C/C=C\C/C=C\C/C=C\C/C=C\C/C=C\CCCCCCCC(=O)OC(COC(=O)CCCCCCCCCCCCCCCCCCCCCCCCCCC)COP(=O)(O)OCC[N+](C)(C)C. The number of unbranched alkanes of at least 4 members (excludes halogenated alkanes) is 29. The monoisotopic (exact) mass is 1240 g/mol. The van der Waals surface area contributed by atoms with Crippen molar-refractivity contribution < 1.29 is 42.1 Å². The maximum atomic E-state index is 12.9. The van der Waals surface area contributed by atoms with Crippen LogP contribution in [0.25, 0.3) is 0 Å². The fraction of sp³-hybridized carbons (Fsp3) is 0.692. The lowest BCUT2D eigenvalue weighted by molar-refractivity contribution is -0.870. The van der Waals surface area contributed by atoms with Crippen molar-refractivity contribution in [3.05, 3.63) is 134 Å². The van der Waals surface area contributed by atoms with E-state index in [1.807, 2.05) is 21.1 Å². The van der Waals surface area contributed by atoms with Gasteiger partial charge in [-0.15, -0.1) is 0 Å². The number of esters is 2. The van der Waals surface area contributed by atoms with Crippen LogP contribution in [0.4, 0.5) is 0 Å². The molecule has 0 bridgehead atoms. The van der Waals surface area contributed by atoms with E-state index in [-0.39, 0.29) is 32.0 Å². The van der Waals surface area contributed by atoms with Gasteiger partial charge in [-0.3, -0.25) is 18.6 Å². The van der Waals surface area contributed by atoms with Crippen molar-refractivity contribution in [3.63, 3.8) is 0 Å². The number of quaternary nitrogens is 1. The van der Waals surface area contributed by atoms with Gasteiger partial charge in [-0.2, -0.15) is 0 Å². The Hall–Kier alpha value is -3.85. The molecule has 0 saturated carbocycles. The van der Waals surface area contributed by atoms with Crippen molar-refractivity contribution in [2.45, 2.75) is 302 Å². The molecule has 0 amide bonds. The number of phosphoric ester groups is 1. The second-order valence-electron chi connectivity index (χ2n) is 24.9. The number of nitrogens with zero attached hydrogens (tertiary/aromatic N) is 1. The maximum absolute atomic E-state index is 12.9. The zero-order valence-electron chi connectivity index (χ0n) is 57.4. The third-order valence-electron chi connectivity index (χ3n) is 15.2. The third-order valence-corrected chi connectivity index (χ3v) is 16.2. The fourth-order valence-corrected chi connectivity index (χ4v) is 10.5. The molecule has 9 nitrogen and oxygen atoms in total. The van der Waals surface area contributed by atoms with Gasteiger partial charge in [0.2, 0.25) is 0 Å². The Morgan fingerprint density at radius 1 is 0.364 bits per heavy atom. The normalized spacial score (nSPS) is 13.9. The zero-order chi connectivity index (χ0) is 64.1. The number of carbonyl (C=O) groups excluding carboxylic acids is 2. The largest absolute Gasteiger partial charge is 0.472 e. The summed E-state index contributed by atoms with van der Waals surface area (Å²) in [5.74, 6) is -0.817. The van der Waals surface area contributed by atoms with E-state index in [4.69, 9.17) is 18.5 Å². The van der Waals surface area contributed by atoms with Crippen LogP contribution >= 0.6 is 7.82 Å². The standard InChI is InChI=1S/C78H134NO8P/c1-6-8-10-12-14-16-18-20-22-24-26-28-30-32-33-34-35-36-37-38-39-40-41-42-43-44-45-47-49-51-53-55-57-59-61-63-65-67-69-71-78(81)87-76(75-86-88(82,83)85-73-72-79(3,4)5)74-84-77(80)70-68-66-64-62-60-58-56-54-52-50-48-46-31-29-27-25-23-21-19-17-15-13-11-9-7-2/h8,10,14,16,20,22,26,28,32-33,35-36,38-39,41-42,44-45,49,51,55,57,76H,6-7,9,11-13,15,17-19,21,23-25,27,29-31,34,37,40,43,46-48,50,52-54,56,58-75H2,1-5H3/p+1/b10-8-,16-14-,22-20-,28-26-,33-32-,36-35-,39-38-,42-41-,45-44-,51-49-,57-55-. The van der Waals surface area contributed by atoms with Crippen LogP contribution < -0.4 is 0 Å². The fourth-order valence-electron chi connectivity index (χ4n) is 9.73. The first-order valence-electron chi connectivity index (χ1n) is 35.9. The van der Waals surface area contributed by atoms with Crippen molar-refractivity contribution in [1.29, 1.82) is 0 Å². The highest BCUT2D eigenvalue weighted by Gasteiger charge is 2.27. The molecule has 0 aliphatic carbocycles. The molecule has 0 heterocycles. The summed E-state index contributed by atoms with van der Waals surface area (Å²) < 4.78 is 34.7. The van der Waals surface area contributed by atoms with Gasteiger partial charge in [0, 0.05) is 12.8 Å². The van der Waals surface area contributed by atoms with Gasteiger partial charge in [-0.25, -0.2) is 4.57 Å². The molecule has 10 heteroatoms. The van der Waals surface area contributed by atoms with E-state index in [1.54, 1.807) is 0 Å². The van der Waals surface area contributed by atoms with Gasteiger partial charge in [0.1, 0.15) is 19.8 Å². The summed E-state index contributed by atoms with van der Waals surface area (Å²) in [4.78, 5) is 35.9. The lowest BCUT2D eigenvalue weighted by atomic mass is 10.0. The predicted octanol–water partition coefficient (Wildman–Crippen LogP) is 23.6. The first kappa shape index (κ1) is 84.2. The molecular formula is C78H135NO8P+. The average molecular weight is 1250 g/mol. The highest BCUT2D eigenvalue weighted by atomic mass is 31.2. The van der Waals surface area contributed by atoms with E-state index in [0.29, 0.717) is 17.4 Å². The van der Waals surface area contributed by atoms with Crippen molar-refractivity contribution in [3.8, 4) is 0 Å². The van der Waals surface area contributed by atoms with Gasteiger partial charge in [0.25, 0.3) is 0 Å². The number of allylic oxidation sites excluding steroid dienone is 22. The van der Waals surface area contributed by atoms with E-state index < -0.39 is 26.5 Å². The summed E-state index contributed by atoms with van der Waals surface area (Å²) in [6.07, 6.45) is 98.4. The molecule has 0 aliphatic rings. The highest BCUT2D eigenvalue weighted by molar-refractivity contribution is 7.47. The molecule has 0 aromatic heterocycles. The molecule has 1 N–H and O–H groups in total. The van der Waals surface area contributed by atoms with Gasteiger partial charge >= 0.3 is 19.8 Å². The summed E-state index contributed by atoms with van der Waals surface area (Å²) in [5.41, 5.74) is 0. The molecule has 0 rings (SSSR count). The minimum absolute atomic E-state index is 0.0226. The average Bonchev–Trinajstić information content (AvgIpc) is 3.68. The number of phosphoric acid groups is 1. The van der Waals surface area contributed by atoms with Crippen molar-refractivity contribution >= 4 is 19.8 Å². The van der Waals surface area contributed by atoms with Crippen LogP contribution in [0.3, 0.4) is 0 Å². The zero-order valence-corrected chi connectivity index (χ0v) is 58.3. The lowest BCUT2D eigenvalue weighted by Crippen LogP contribution is -2.37. The minimum atomic E-state index is -4.41. The second kappa shape index (κ2) is 67.5. The van der Waals surface area contributed by atoms with Crippen LogP contribution in [0.2, 0.25) is 0 Å². The van der Waals surface area contributed by atoms with Crippen LogP contribution in [0.5, 0.6) is 0 Å². The smallest absolute Gasteiger partial charge is 0.462 e. The predicted molar refractivity (Wildman–Crippen MR) is 381 cm³/mol. The van der Waals surface area contributed by atoms with Gasteiger partial charge in [-0.05, 0) is 96.3 Å². The Labute approximate surface area is 542 Å². The molecule has 0 aliphatic heterocycles. The first-order chi connectivity index (χ1) is 43.0. The van der Waals surface area contributed by atoms with E-state index in [0.717, 1.165) is 122 Å². The van der Waals surface area contributed by atoms with Crippen molar-refractivity contribution in [1.82, 2.24) is 0 Å². The number of rotatable bonds is 65. The number of ether oxygens (including phenoxy) is 2. The Balaban J connectivity index is 4.14. The molecule has 0 spiro atoms. The minimum Gasteiger partial charge on any atom is -0.462 e. The quantitative estimate of drug-likeness (QED) is 0.0211. The lowest BCUT2D eigenvalue weighted by Gasteiger charge is -2.24. The number of likely N-dealkylation sites (N-methyl/N-ethyl adjacent to an activating group) is 1. The van der Waals surface area contributed by atoms with Crippen molar-refractivity contribution in [2.75, 3.05) is 47.5 Å². The van der Waals surface area contributed by atoms with Gasteiger partial charge in [0.05, 0.1) is 27.7 Å². The van der Waals surface area contributed by atoms with E-state index in [9.17, 15) is 19.0 Å². The Kier molecular flexibility index (Phi) is 64.6. The molecular weight excluding hydrogens is 1110 g/mol. The molecule has 2 unspecified atom stereocenters. The Bertz CT molecular complexity index is 1950. The van der Waals surface area contributed by atoms with Crippen LogP contribution in [0.1, 0.15) is 296 Å². The van der Waals surface area contributed by atoms with Gasteiger partial charge < -0.3 is 18.9 Å². The summed E-state index contributed by atoms with van der Waals surface area (Å²) in [5, 5.41) is 0. The van der Waals surface area contributed by atoms with Gasteiger partial charge in [-0.1, -0.05) is 321 Å². The molecule has 0 fully saturated rings. The maximum Gasteiger partial charge on any atom is 0.472 e. The summed E-state index contributed by atoms with van der Waals surface area (Å²) >= 11 is 0. The number of hydrogen-bond acceptors (Lipinski definition) is 7. The number of hydrogen-bond donors (Lipinski definition) is 1. The first-order valence-corrected chi connectivity index (χ1v) is 37.4. The summed E-state index contributed by atoms with van der Waals surface area (Å²) in [6, 6.07) is 0. The Morgan fingerprint density at radius 3 is 0.966 bits per heavy atom. The topological polar surface area (TPSA) is 108 Å². The van der Waals surface area contributed by atoms with E-state index >= 15 is 0 Å². The molecule has 0 saturated heterocycles. The van der Waals surface area contributed by atoms with Crippen molar-refractivity contribution in [2.24, 2.45) is 0 Å². The van der Waals surface area contributed by atoms with E-state index in [1.165, 1.54) is 141 Å². The van der Waals surface area contributed by atoms with Crippen LogP contribution in [-0.4, -0.2) is 74.9 Å². The molecule has 2 atom stereocenters. The second-order valence-corrected chi connectivity index (χ2v) is 26.4. The van der Waals surface area contributed by atoms with Crippen LogP contribution in [-0.2, 0) is 32.7 Å². The summed E-state index contributed by atoms with van der Waals surface area (Å²) in [7, 11) is 1.46. The van der Waals surface area contributed by atoms with Gasteiger partial charge in [0.15, 0.2) is 6.10 Å².